The Morgan fingerprint density at radius 1 is 1.09 bits per heavy atom. The number of halogens is 3. The highest BCUT2D eigenvalue weighted by Gasteiger charge is 2.35. The number of rotatable bonds is 5. The molecule has 2 aromatic carbocycles. The zero-order valence-corrected chi connectivity index (χ0v) is 16.7. The van der Waals surface area contributed by atoms with E-state index in [4.69, 9.17) is 4.74 Å². The Balaban J connectivity index is 1.53. The highest BCUT2D eigenvalue weighted by atomic mass is 19.4. The molecule has 0 radical (unpaired) electrons. The topological polar surface area (TPSA) is 85.2 Å². The second kappa shape index (κ2) is 8.83. The van der Waals surface area contributed by atoms with Gasteiger partial charge in [0.25, 0.3) is 11.8 Å². The van der Waals surface area contributed by atoms with Crippen LogP contribution >= 0.6 is 0 Å². The van der Waals surface area contributed by atoms with Crippen LogP contribution in [0, 0.1) is 0 Å². The van der Waals surface area contributed by atoms with E-state index in [1.807, 2.05) is 6.07 Å². The van der Waals surface area contributed by atoms with E-state index in [9.17, 15) is 22.8 Å². The van der Waals surface area contributed by atoms with Crippen molar-refractivity contribution in [3.63, 3.8) is 0 Å². The molecule has 4 rings (SSSR count). The third-order valence-electron chi connectivity index (χ3n) is 4.93. The maximum Gasteiger partial charge on any atom is 0.418 e. The number of aromatic nitrogens is 2. The van der Waals surface area contributed by atoms with Crippen molar-refractivity contribution < 1.29 is 27.5 Å². The SMILES string of the molecule is O=C(Nc1ccc(NC(=O)C2CCCO2)cc1C(F)(F)F)c1cnn(-c2ccccc2)c1. The van der Waals surface area contributed by atoms with Crippen molar-refractivity contribution in [2.24, 2.45) is 0 Å². The van der Waals surface area contributed by atoms with Gasteiger partial charge in [-0.3, -0.25) is 9.59 Å². The molecular formula is C22H19F3N4O3. The molecule has 1 fully saturated rings. The molecule has 7 nitrogen and oxygen atoms in total. The van der Waals surface area contributed by atoms with Gasteiger partial charge in [0.2, 0.25) is 0 Å². The Kier molecular flexibility index (Phi) is 5.95. The Bertz CT molecular complexity index is 1120. The first-order valence-corrected chi connectivity index (χ1v) is 9.86. The summed E-state index contributed by atoms with van der Waals surface area (Å²) < 4.78 is 47.6. The Morgan fingerprint density at radius 2 is 1.88 bits per heavy atom. The number of anilines is 2. The van der Waals surface area contributed by atoms with Crippen LogP contribution in [-0.2, 0) is 15.7 Å². The van der Waals surface area contributed by atoms with Crippen LogP contribution in [0.5, 0.6) is 0 Å². The predicted molar refractivity (Wildman–Crippen MR) is 111 cm³/mol. The molecule has 0 bridgehead atoms. The van der Waals surface area contributed by atoms with Gasteiger partial charge in [0.05, 0.1) is 28.7 Å². The summed E-state index contributed by atoms with van der Waals surface area (Å²) >= 11 is 0. The molecule has 2 N–H and O–H groups in total. The van der Waals surface area contributed by atoms with E-state index < -0.39 is 35.3 Å². The number of carbonyl (C=O) groups is 2. The lowest BCUT2D eigenvalue weighted by Crippen LogP contribution is -2.27. The number of carbonyl (C=O) groups excluding carboxylic acids is 2. The first kappa shape index (κ1) is 21.6. The normalized spacial score (nSPS) is 16.0. The van der Waals surface area contributed by atoms with E-state index in [2.05, 4.69) is 15.7 Å². The third kappa shape index (κ3) is 4.80. The Hall–Kier alpha value is -3.66. The second-order valence-electron chi connectivity index (χ2n) is 7.21. The van der Waals surface area contributed by atoms with Gasteiger partial charge >= 0.3 is 6.18 Å². The number of nitrogens with zero attached hydrogens (tertiary/aromatic N) is 2. The van der Waals surface area contributed by atoms with Gasteiger partial charge in [-0.05, 0) is 43.2 Å². The van der Waals surface area contributed by atoms with Crippen LogP contribution in [0.15, 0.2) is 60.9 Å². The number of hydrogen-bond donors (Lipinski definition) is 2. The third-order valence-corrected chi connectivity index (χ3v) is 4.93. The molecule has 166 valence electrons. The van der Waals surface area contributed by atoms with Gasteiger partial charge in [-0.15, -0.1) is 0 Å². The standard InChI is InChI=1S/C22H19F3N4O3/c23-22(24,25)17-11-15(27-21(31)19-7-4-10-32-19)8-9-18(17)28-20(30)14-12-26-29(13-14)16-5-2-1-3-6-16/h1-3,5-6,8-9,11-13,19H,4,7,10H2,(H,27,31)(H,28,30). The first-order valence-electron chi connectivity index (χ1n) is 9.86. The quantitative estimate of drug-likeness (QED) is 0.616. The fourth-order valence-corrected chi connectivity index (χ4v) is 3.33. The van der Waals surface area contributed by atoms with E-state index in [-0.39, 0.29) is 11.3 Å². The number of benzene rings is 2. The molecule has 32 heavy (non-hydrogen) atoms. The Morgan fingerprint density at radius 3 is 2.56 bits per heavy atom. The summed E-state index contributed by atoms with van der Waals surface area (Å²) in [5.74, 6) is -1.24. The van der Waals surface area contributed by atoms with Gasteiger partial charge in [-0.1, -0.05) is 18.2 Å². The molecule has 1 aliphatic heterocycles. The van der Waals surface area contributed by atoms with E-state index in [0.29, 0.717) is 18.7 Å². The Labute approximate surface area is 181 Å². The molecule has 0 spiro atoms. The second-order valence-corrected chi connectivity index (χ2v) is 7.21. The monoisotopic (exact) mass is 444 g/mol. The number of ether oxygens (including phenoxy) is 1. The summed E-state index contributed by atoms with van der Waals surface area (Å²) in [4.78, 5) is 24.7. The molecule has 0 saturated carbocycles. The van der Waals surface area contributed by atoms with Crippen molar-refractivity contribution in [3.05, 3.63) is 72.1 Å². The summed E-state index contributed by atoms with van der Waals surface area (Å²) in [7, 11) is 0. The average Bonchev–Trinajstić information content (AvgIpc) is 3.47. The molecule has 1 aliphatic rings. The lowest BCUT2D eigenvalue weighted by Gasteiger charge is -2.16. The number of amides is 2. The van der Waals surface area contributed by atoms with Crippen molar-refractivity contribution >= 4 is 23.2 Å². The maximum absolute atomic E-state index is 13.6. The van der Waals surface area contributed by atoms with Crippen molar-refractivity contribution in [1.82, 2.24) is 9.78 Å². The van der Waals surface area contributed by atoms with Crippen LogP contribution in [0.3, 0.4) is 0 Å². The molecule has 1 aromatic heterocycles. The lowest BCUT2D eigenvalue weighted by molar-refractivity contribution is -0.137. The molecule has 1 unspecified atom stereocenters. The van der Waals surface area contributed by atoms with Crippen molar-refractivity contribution in [2.75, 3.05) is 17.2 Å². The summed E-state index contributed by atoms with van der Waals surface area (Å²) in [6.45, 7) is 0.442. The van der Waals surface area contributed by atoms with Crippen LogP contribution < -0.4 is 10.6 Å². The molecule has 10 heteroatoms. The fraction of sp³-hybridized carbons (Fsp3) is 0.227. The van der Waals surface area contributed by atoms with Crippen molar-refractivity contribution in [2.45, 2.75) is 25.1 Å². The first-order chi connectivity index (χ1) is 15.3. The summed E-state index contributed by atoms with van der Waals surface area (Å²) in [5.41, 5.74) is -0.740. The van der Waals surface area contributed by atoms with Gasteiger partial charge in [-0.2, -0.15) is 18.3 Å². The zero-order chi connectivity index (χ0) is 22.7. The van der Waals surface area contributed by atoms with Crippen molar-refractivity contribution in [3.8, 4) is 5.69 Å². The molecular weight excluding hydrogens is 425 g/mol. The summed E-state index contributed by atoms with van der Waals surface area (Å²) in [6, 6.07) is 12.2. The van der Waals surface area contributed by atoms with Crippen LogP contribution in [0.2, 0.25) is 0 Å². The number of para-hydroxylation sites is 1. The van der Waals surface area contributed by atoms with Crippen molar-refractivity contribution in [1.29, 1.82) is 0 Å². The van der Waals surface area contributed by atoms with E-state index in [1.54, 1.807) is 24.3 Å². The van der Waals surface area contributed by atoms with E-state index >= 15 is 0 Å². The number of nitrogens with one attached hydrogen (secondary N) is 2. The fourth-order valence-electron chi connectivity index (χ4n) is 3.33. The van der Waals surface area contributed by atoms with E-state index in [1.165, 1.54) is 23.1 Å². The average molecular weight is 444 g/mol. The molecule has 0 aliphatic carbocycles. The molecule has 3 aromatic rings. The van der Waals surface area contributed by atoms with Crippen LogP contribution in [0.4, 0.5) is 24.5 Å². The lowest BCUT2D eigenvalue weighted by atomic mass is 10.1. The van der Waals surface area contributed by atoms with Gasteiger partial charge in [0.15, 0.2) is 0 Å². The van der Waals surface area contributed by atoms with Gasteiger partial charge in [0, 0.05) is 18.5 Å². The minimum atomic E-state index is -4.75. The van der Waals surface area contributed by atoms with Gasteiger partial charge < -0.3 is 15.4 Å². The number of alkyl halides is 3. The highest BCUT2D eigenvalue weighted by molar-refractivity contribution is 6.04. The van der Waals surface area contributed by atoms with Crippen LogP contribution in [0.1, 0.15) is 28.8 Å². The minimum Gasteiger partial charge on any atom is -0.368 e. The van der Waals surface area contributed by atoms with Gasteiger partial charge in [-0.25, -0.2) is 4.68 Å². The number of hydrogen-bond acceptors (Lipinski definition) is 4. The van der Waals surface area contributed by atoms with Gasteiger partial charge in [0.1, 0.15) is 6.10 Å². The molecule has 2 heterocycles. The maximum atomic E-state index is 13.6. The highest BCUT2D eigenvalue weighted by Crippen LogP contribution is 2.37. The smallest absolute Gasteiger partial charge is 0.368 e. The minimum absolute atomic E-state index is 0.0345. The van der Waals surface area contributed by atoms with Crippen LogP contribution in [0.25, 0.3) is 5.69 Å². The predicted octanol–water partition coefficient (Wildman–Crippen LogP) is 4.26. The summed E-state index contributed by atoms with van der Waals surface area (Å²) in [5, 5.41) is 8.80. The van der Waals surface area contributed by atoms with E-state index in [0.717, 1.165) is 18.6 Å². The largest absolute Gasteiger partial charge is 0.418 e. The molecule has 1 atom stereocenters. The molecule has 2 amide bonds. The molecule has 1 saturated heterocycles. The summed E-state index contributed by atoms with van der Waals surface area (Å²) in [6.07, 6.45) is -1.49. The van der Waals surface area contributed by atoms with Crippen LogP contribution in [-0.4, -0.2) is 34.3 Å². The zero-order valence-electron chi connectivity index (χ0n) is 16.7.